The van der Waals surface area contributed by atoms with E-state index in [1.807, 2.05) is 0 Å². The second kappa shape index (κ2) is 6.36. The van der Waals surface area contributed by atoms with E-state index in [-0.39, 0.29) is 11.3 Å². The van der Waals surface area contributed by atoms with E-state index in [9.17, 15) is 14.9 Å². The van der Waals surface area contributed by atoms with E-state index in [1.165, 1.54) is 24.3 Å². The zero-order valence-electron chi connectivity index (χ0n) is 10.7. The van der Waals surface area contributed by atoms with Crippen LogP contribution in [-0.2, 0) is 6.54 Å². The highest BCUT2D eigenvalue weighted by Gasteiger charge is 2.08. The molecular weight excluding hydrogens is 340 g/mol. The standard InChI is InChI=1S/C14H11BrN2O4/c15-12-7-10(14(18)19)4-5-13(12)16-8-9-2-1-3-11(6-9)17(20)21/h1-7,16H,8H2,(H,18,19). The number of nitro groups is 1. The number of hydrogen-bond donors (Lipinski definition) is 2. The number of nitro benzene ring substituents is 1. The highest BCUT2D eigenvalue weighted by Crippen LogP contribution is 2.24. The minimum Gasteiger partial charge on any atom is -0.478 e. The molecular formula is C14H11BrN2O4. The molecule has 0 unspecified atom stereocenters. The van der Waals surface area contributed by atoms with Gasteiger partial charge in [0, 0.05) is 28.8 Å². The number of nitrogens with one attached hydrogen (secondary N) is 1. The Kier molecular flexibility index (Phi) is 4.54. The summed E-state index contributed by atoms with van der Waals surface area (Å²) in [6.45, 7) is 0.396. The van der Waals surface area contributed by atoms with Crippen LogP contribution in [0.2, 0.25) is 0 Å². The predicted octanol–water partition coefficient (Wildman–Crippen LogP) is 3.67. The summed E-state index contributed by atoms with van der Waals surface area (Å²) >= 11 is 3.29. The van der Waals surface area contributed by atoms with E-state index < -0.39 is 10.9 Å². The van der Waals surface area contributed by atoms with Gasteiger partial charge in [-0.25, -0.2) is 4.79 Å². The molecule has 2 rings (SSSR count). The van der Waals surface area contributed by atoms with Gasteiger partial charge in [-0.1, -0.05) is 12.1 Å². The molecule has 0 aromatic heterocycles. The van der Waals surface area contributed by atoms with Crippen molar-refractivity contribution in [1.82, 2.24) is 0 Å². The Balaban J connectivity index is 2.11. The van der Waals surface area contributed by atoms with Crippen LogP contribution in [0.4, 0.5) is 11.4 Å². The first-order chi connectivity index (χ1) is 9.97. The molecule has 108 valence electrons. The highest BCUT2D eigenvalue weighted by atomic mass is 79.9. The molecule has 0 saturated heterocycles. The molecule has 0 amide bonds. The van der Waals surface area contributed by atoms with Crippen LogP contribution < -0.4 is 5.32 Å². The van der Waals surface area contributed by atoms with Gasteiger partial charge >= 0.3 is 5.97 Å². The lowest BCUT2D eigenvalue weighted by Crippen LogP contribution is -2.02. The van der Waals surface area contributed by atoms with Crippen molar-refractivity contribution < 1.29 is 14.8 Å². The van der Waals surface area contributed by atoms with Crippen molar-refractivity contribution in [1.29, 1.82) is 0 Å². The van der Waals surface area contributed by atoms with Crippen LogP contribution in [0.3, 0.4) is 0 Å². The molecule has 0 saturated carbocycles. The van der Waals surface area contributed by atoms with Gasteiger partial charge in [0.1, 0.15) is 0 Å². The lowest BCUT2D eigenvalue weighted by atomic mass is 10.2. The van der Waals surface area contributed by atoms with Crippen molar-refractivity contribution in [2.75, 3.05) is 5.32 Å². The molecule has 0 atom stereocenters. The first-order valence-corrected chi connectivity index (χ1v) is 6.76. The van der Waals surface area contributed by atoms with Crippen molar-refractivity contribution in [3.63, 3.8) is 0 Å². The van der Waals surface area contributed by atoms with Gasteiger partial charge in [0.2, 0.25) is 0 Å². The van der Waals surface area contributed by atoms with Gasteiger partial charge in [0.05, 0.1) is 10.5 Å². The average Bonchev–Trinajstić information content (AvgIpc) is 2.46. The fourth-order valence-corrected chi connectivity index (χ4v) is 2.29. The summed E-state index contributed by atoms with van der Waals surface area (Å²) in [5, 5.41) is 22.7. The molecule has 7 heteroatoms. The van der Waals surface area contributed by atoms with Crippen LogP contribution in [0.5, 0.6) is 0 Å². The first-order valence-electron chi connectivity index (χ1n) is 5.97. The summed E-state index contributed by atoms with van der Waals surface area (Å²) in [6, 6.07) is 11.0. The van der Waals surface area contributed by atoms with E-state index in [0.717, 1.165) is 5.56 Å². The summed E-state index contributed by atoms with van der Waals surface area (Å²) in [5.41, 5.74) is 1.70. The number of rotatable bonds is 5. The number of non-ortho nitro benzene ring substituents is 1. The van der Waals surface area contributed by atoms with Crippen LogP contribution in [0.1, 0.15) is 15.9 Å². The molecule has 0 aliphatic heterocycles. The third kappa shape index (κ3) is 3.79. The number of benzene rings is 2. The summed E-state index contributed by atoms with van der Waals surface area (Å²) in [7, 11) is 0. The largest absolute Gasteiger partial charge is 0.478 e. The maximum absolute atomic E-state index is 10.8. The number of carboxylic acid groups (broad SMARTS) is 1. The van der Waals surface area contributed by atoms with E-state index in [2.05, 4.69) is 21.2 Å². The molecule has 0 heterocycles. The van der Waals surface area contributed by atoms with Gasteiger partial charge in [0.25, 0.3) is 5.69 Å². The fourth-order valence-electron chi connectivity index (χ4n) is 1.77. The minimum atomic E-state index is -0.999. The summed E-state index contributed by atoms with van der Waals surface area (Å²) in [6.07, 6.45) is 0. The summed E-state index contributed by atoms with van der Waals surface area (Å²) < 4.78 is 0.618. The van der Waals surface area contributed by atoms with Crippen molar-refractivity contribution in [3.05, 3.63) is 68.2 Å². The molecule has 2 aromatic rings. The lowest BCUT2D eigenvalue weighted by molar-refractivity contribution is -0.384. The molecule has 0 aliphatic rings. The number of nitrogens with zero attached hydrogens (tertiary/aromatic N) is 1. The maximum Gasteiger partial charge on any atom is 0.335 e. The van der Waals surface area contributed by atoms with Gasteiger partial charge in [-0.3, -0.25) is 10.1 Å². The minimum absolute atomic E-state index is 0.0367. The van der Waals surface area contributed by atoms with Gasteiger partial charge < -0.3 is 10.4 Å². The van der Waals surface area contributed by atoms with Crippen LogP contribution in [-0.4, -0.2) is 16.0 Å². The Hall–Kier alpha value is -2.41. The SMILES string of the molecule is O=C(O)c1ccc(NCc2cccc([N+](=O)[O-])c2)c(Br)c1. The van der Waals surface area contributed by atoms with Crippen molar-refractivity contribution in [2.45, 2.75) is 6.54 Å². The number of anilines is 1. The first kappa shape index (κ1) is 15.0. The molecule has 2 N–H and O–H groups in total. The molecule has 0 bridgehead atoms. The van der Waals surface area contributed by atoms with Gasteiger partial charge in [-0.2, -0.15) is 0 Å². The maximum atomic E-state index is 10.8. The Morgan fingerprint density at radius 2 is 2.05 bits per heavy atom. The molecule has 0 fully saturated rings. The van der Waals surface area contributed by atoms with E-state index in [0.29, 0.717) is 16.7 Å². The lowest BCUT2D eigenvalue weighted by Gasteiger charge is -2.09. The monoisotopic (exact) mass is 350 g/mol. The molecule has 0 radical (unpaired) electrons. The van der Waals surface area contributed by atoms with Gasteiger partial charge in [-0.05, 0) is 39.7 Å². The van der Waals surface area contributed by atoms with E-state index in [4.69, 9.17) is 5.11 Å². The zero-order chi connectivity index (χ0) is 15.4. The number of aromatic carboxylic acids is 1. The normalized spacial score (nSPS) is 10.1. The van der Waals surface area contributed by atoms with Crippen molar-refractivity contribution in [2.24, 2.45) is 0 Å². The molecule has 21 heavy (non-hydrogen) atoms. The predicted molar refractivity (Wildman–Crippen MR) is 81.5 cm³/mol. The second-order valence-corrected chi connectivity index (χ2v) is 5.13. The number of carboxylic acids is 1. The van der Waals surface area contributed by atoms with Crippen LogP contribution in [0.25, 0.3) is 0 Å². The third-order valence-corrected chi connectivity index (χ3v) is 3.48. The quantitative estimate of drug-likeness (QED) is 0.633. The smallest absolute Gasteiger partial charge is 0.335 e. The van der Waals surface area contributed by atoms with Crippen molar-refractivity contribution >= 4 is 33.3 Å². The average molecular weight is 351 g/mol. The number of hydrogen-bond acceptors (Lipinski definition) is 4. The Bertz CT molecular complexity index is 703. The third-order valence-electron chi connectivity index (χ3n) is 2.82. The Labute approximate surface area is 128 Å². The topological polar surface area (TPSA) is 92.5 Å². The molecule has 2 aromatic carbocycles. The molecule has 6 nitrogen and oxygen atoms in total. The molecule has 0 spiro atoms. The summed E-state index contributed by atoms with van der Waals surface area (Å²) in [4.78, 5) is 21.1. The Morgan fingerprint density at radius 1 is 1.29 bits per heavy atom. The number of carbonyl (C=O) groups is 1. The van der Waals surface area contributed by atoms with E-state index >= 15 is 0 Å². The van der Waals surface area contributed by atoms with Gasteiger partial charge in [-0.15, -0.1) is 0 Å². The highest BCUT2D eigenvalue weighted by molar-refractivity contribution is 9.10. The fraction of sp³-hybridized carbons (Fsp3) is 0.0714. The van der Waals surface area contributed by atoms with E-state index in [1.54, 1.807) is 18.2 Å². The van der Waals surface area contributed by atoms with Crippen LogP contribution >= 0.6 is 15.9 Å². The van der Waals surface area contributed by atoms with Crippen LogP contribution in [0.15, 0.2) is 46.9 Å². The Morgan fingerprint density at radius 3 is 2.67 bits per heavy atom. The van der Waals surface area contributed by atoms with Crippen LogP contribution in [0, 0.1) is 10.1 Å². The second-order valence-electron chi connectivity index (χ2n) is 4.28. The summed E-state index contributed by atoms with van der Waals surface area (Å²) in [5.74, 6) is -0.999. The van der Waals surface area contributed by atoms with Crippen molar-refractivity contribution in [3.8, 4) is 0 Å². The number of halogens is 1. The molecule has 0 aliphatic carbocycles. The zero-order valence-corrected chi connectivity index (χ0v) is 12.3. The van der Waals surface area contributed by atoms with Gasteiger partial charge in [0.15, 0.2) is 0 Å².